The molecule has 0 unspecified atom stereocenters. The maximum Gasteiger partial charge on any atom is 0.324 e. The van der Waals surface area contributed by atoms with Crippen molar-refractivity contribution in [2.75, 3.05) is 6.54 Å². The molecule has 1 aliphatic heterocycles. The summed E-state index contributed by atoms with van der Waals surface area (Å²) in [5, 5.41) is 5.43. The lowest BCUT2D eigenvalue weighted by Crippen LogP contribution is -2.35. The van der Waals surface area contributed by atoms with Crippen LogP contribution in [-0.4, -0.2) is 41.4 Å². The van der Waals surface area contributed by atoms with Gasteiger partial charge in [0.25, 0.3) is 5.91 Å². The van der Waals surface area contributed by atoms with E-state index in [0.717, 1.165) is 5.56 Å². The predicted octanol–water partition coefficient (Wildman–Crippen LogP) is 1.45. The minimum absolute atomic E-state index is 0.0683. The molecule has 1 atom stereocenters. The summed E-state index contributed by atoms with van der Waals surface area (Å²) in [6.07, 6.45) is 1.17. The van der Waals surface area contributed by atoms with Crippen molar-refractivity contribution in [3.8, 4) is 0 Å². The van der Waals surface area contributed by atoms with Crippen molar-refractivity contribution in [3.05, 3.63) is 35.9 Å². The molecule has 0 bridgehead atoms. The fourth-order valence-corrected chi connectivity index (χ4v) is 2.54. The Balaban J connectivity index is 1.83. The number of amides is 4. The minimum atomic E-state index is -0.601. The van der Waals surface area contributed by atoms with Crippen molar-refractivity contribution in [3.63, 3.8) is 0 Å². The van der Waals surface area contributed by atoms with Crippen LogP contribution in [0.1, 0.15) is 32.3 Å². The number of rotatable bonds is 7. The maximum atomic E-state index is 12.3. The third kappa shape index (κ3) is 4.81. The number of hydrogen-bond donors (Lipinski definition) is 2. The largest absolute Gasteiger partial charge is 0.354 e. The zero-order valence-electron chi connectivity index (χ0n) is 13.5. The number of carbonyl (C=O) groups is 3. The Morgan fingerprint density at radius 2 is 1.96 bits per heavy atom. The molecule has 1 heterocycles. The Bertz CT molecular complexity index is 572. The normalized spacial score (nSPS) is 17.5. The second-order valence-corrected chi connectivity index (χ2v) is 5.99. The zero-order valence-corrected chi connectivity index (χ0v) is 13.5. The van der Waals surface area contributed by atoms with Gasteiger partial charge in [-0.1, -0.05) is 30.3 Å². The summed E-state index contributed by atoms with van der Waals surface area (Å²) >= 11 is 0. The first-order valence-electron chi connectivity index (χ1n) is 7.92. The molecule has 0 aliphatic carbocycles. The number of carbonyl (C=O) groups excluding carboxylic acids is 3. The minimum Gasteiger partial charge on any atom is -0.354 e. The third-order valence-corrected chi connectivity index (χ3v) is 3.68. The third-order valence-electron chi connectivity index (χ3n) is 3.68. The Kier molecular flexibility index (Phi) is 5.73. The van der Waals surface area contributed by atoms with E-state index in [1.165, 1.54) is 4.90 Å². The van der Waals surface area contributed by atoms with Crippen LogP contribution in [0.15, 0.2) is 30.3 Å². The van der Waals surface area contributed by atoms with Gasteiger partial charge in [0.2, 0.25) is 5.91 Å². The Morgan fingerprint density at radius 3 is 2.61 bits per heavy atom. The van der Waals surface area contributed by atoms with E-state index in [4.69, 9.17) is 0 Å². The average Bonchev–Trinajstić information content (AvgIpc) is 2.78. The van der Waals surface area contributed by atoms with E-state index in [-0.39, 0.29) is 30.3 Å². The van der Waals surface area contributed by atoms with Crippen LogP contribution in [0.25, 0.3) is 0 Å². The first-order valence-corrected chi connectivity index (χ1v) is 7.92. The monoisotopic (exact) mass is 317 g/mol. The van der Waals surface area contributed by atoms with Crippen LogP contribution in [0, 0.1) is 0 Å². The van der Waals surface area contributed by atoms with Crippen molar-refractivity contribution in [2.45, 2.75) is 45.2 Å². The van der Waals surface area contributed by atoms with Gasteiger partial charge >= 0.3 is 6.03 Å². The van der Waals surface area contributed by atoms with Gasteiger partial charge in [-0.3, -0.25) is 14.5 Å². The van der Waals surface area contributed by atoms with Crippen LogP contribution >= 0.6 is 0 Å². The summed E-state index contributed by atoms with van der Waals surface area (Å²) in [5.74, 6) is -0.354. The van der Waals surface area contributed by atoms with Gasteiger partial charge in [-0.15, -0.1) is 0 Å². The van der Waals surface area contributed by atoms with E-state index in [1.807, 2.05) is 44.2 Å². The van der Waals surface area contributed by atoms with Crippen molar-refractivity contribution in [1.82, 2.24) is 15.5 Å². The second-order valence-electron chi connectivity index (χ2n) is 5.99. The number of nitrogens with zero attached hydrogens (tertiary/aromatic N) is 1. The highest BCUT2D eigenvalue weighted by molar-refractivity contribution is 6.04. The van der Waals surface area contributed by atoms with Crippen LogP contribution < -0.4 is 10.6 Å². The number of urea groups is 1. The van der Waals surface area contributed by atoms with Crippen LogP contribution in [0.2, 0.25) is 0 Å². The summed E-state index contributed by atoms with van der Waals surface area (Å²) in [5.41, 5.74) is 1.08. The quantitative estimate of drug-likeness (QED) is 0.747. The van der Waals surface area contributed by atoms with Gasteiger partial charge in [0.1, 0.15) is 6.04 Å². The highest BCUT2D eigenvalue weighted by Gasteiger charge is 2.37. The summed E-state index contributed by atoms with van der Waals surface area (Å²) in [6, 6.07) is 8.80. The standard InChI is InChI=1S/C17H23N3O3/c1-12(2)18-15(21)9-8-14-16(22)20(17(23)19-14)11-10-13-6-4-3-5-7-13/h3-7,12,14H,8-11H2,1-2H3,(H,18,21)(H,19,23)/t14-/m1/s1. The summed E-state index contributed by atoms with van der Waals surface area (Å²) in [4.78, 5) is 37.1. The van der Waals surface area contributed by atoms with Gasteiger partial charge in [0.05, 0.1) is 0 Å². The number of benzene rings is 1. The molecule has 1 fully saturated rings. The first kappa shape index (κ1) is 17.0. The average molecular weight is 317 g/mol. The molecule has 6 nitrogen and oxygen atoms in total. The zero-order chi connectivity index (χ0) is 16.8. The van der Waals surface area contributed by atoms with Crippen molar-refractivity contribution >= 4 is 17.8 Å². The number of nitrogens with one attached hydrogen (secondary N) is 2. The van der Waals surface area contributed by atoms with E-state index in [9.17, 15) is 14.4 Å². The van der Waals surface area contributed by atoms with E-state index < -0.39 is 6.04 Å². The fourth-order valence-electron chi connectivity index (χ4n) is 2.54. The molecule has 124 valence electrons. The van der Waals surface area contributed by atoms with Crippen molar-refractivity contribution in [1.29, 1.82) is 0 Å². The highest BCUT2D eigenvalue weighted by atomic mass is 16.2. The van der Waals surface area contributed by atoms with Crippen LogP contribution in [0.4, 0.5) is 4.79 Å². The van der Waals surface area contributed by atoms with Crippen LogP contribution in [0.3, 0.4) is 0 Å². The van der Waals surface area contributed by atoms with E-state index in [2.05, 4.69) is 10.6 Å². The highest BCUT2D eigenvalue weighted by Crippen LogP contribution is 2.12. The Labute approximate surface area is 136 Å². The molecular formula is C17H23N3O3. The molecule has 4 amide bonds. The van der Waals surface area contributed by atoms with E-state index >= 15 is 0 Å². The molecular weight excluding hydrogens is 294 g/mol. The van der Waals surface area contributed by atoms with Crippen molar-refractivity contribution in [2.24, 2.45) is 0 Å². The molecule has 2 rings (SSSR count). The van der Waals surface area contributed by atoms with Crippen LogP contribution in [-0.2, 0) is 16.0 Å². The maximum absolute atomic E-state index is 12.3. The van der Waals surface area contributed by atoms with Gasteiger partial charge in [0.15, 0.2) is 0 Å². The second kappa shape index (κ2) is 7.76. The topological polar surface area (TPSA) is 78.5 Å². The molecule has 0 radical (unpaired) electrons. The lowest BCUT2D eigenvalue weighted by molar-refractivity contribution is -0.127. The van der Waals surface area contributed by atoms with Crippen molar-refractivity contribution < 1.29 is 14.4 Å². The number of imide groups is 1. The molecule has 1 aliphatic rings. The van der Waals surface area contributed by atoms with E-state index in [0.29, 0.717) is 19.4 Å². The predicted molar refractivity (Wildman–Crippen MR) is 86.7 cm³/mol. The lowest BCUT2D eigenvalue weighted by Gasteiger charge is -2.13. The Hall–Kier alpha value is -2.37. The van der Waals surface area contributed by atoms with Gasteiger partial charge < -0.3 is 10.6 Å². The van der Waals surface area contributed by atoms with Gasteiger partial charge in [-0.05, 0) is 32.3 Å². The molecule has 0 saturated carbocycles. The van der Waals surface area contributed by atoms with Gasteiger partial charge in [-0.2, -0.15) is 0 Å². The summed E-state index contributed by atoms with van der Waals surface area (Å²) < 4.78 is 0. The Morgan fingerprint density at radius 1 is 1.26 bits per heavy atom. The SMILES string of the molecule is CC(C)NC(=O)CC[C@H]1NC(=O)N(CCc2ccccc2)C1=O. The fraction of sp³-hybridized carbons (Fsp3) is 0.471. The number of hydrogen-bond acceptors (Lipinski definition) is 3. The molecule has 0 spiro atoms. The molecule has 23 heavy (non-hydrogen) atoms. The molecule has 1 aromatic carbocycles. The molecule has 0 aromatic heterocycles. The molecule has 1 saturated heterocycles. The van der Waals surface area contributed by atoms with Gasteiger partial charge in [-0.25, -0.2) is 4.79 Å². The van der Waals surface area contributed by atoms with Gasteiger partial charge in [0, 0.05) is 19.0 Å². The lowest BCUT2D eigenvalue weighted by atomic mass is 10.1. The van der Waals surface area contributed by atoms with E-state index in [1.54, 1.807) is 0 Å². The first-order chi connectivity index (χ1) is 11.0. The molecule has 2 N–H and O–H groups in total. The molecule has 1 aromatic rings. The smallest absolute Gasteiger partial charge is 0.324 e. The van der Waals surface area contributed by atoms with Crippen LogP contribution in [0.5, 0.6) is 0 Å². The molecule has 6 heteroatoms. The summed E-state index contributed by atoms with van der Waals surface area (Å²) in [7, 11) is 0. The summed E-state index contributed by atoms with van der Waals surface area (Å²) in [6.45, 7) is 4.11.